The van der Waals surface area contributed by atoms with Crippen LogP contribution in [0.2, 0.25) is 0 Å². The van der Waals surface area contributed by atoms with Crippen molar-refractivity contribution in [3.05, 3.63) is 24.3 Å². The minimum atomic E-state index is -0.480. The molecule has 0 amide bonds. The number of rotatable bonds is 39. The van der Waals surface area contributed by atoms with Gasteiger partial charge in [-0.1, -0.05) is 217 Å². The molecule has 0 aliphatic carbocycles. The Bertz CT molecular complexity index is 664. The summed E-state index contributed by atoms with van der Waals surface area (Å²) in [4.78, 5) is 33.6. The lowest BCUT2D eigenvalue weighted by Crippen LogP contribution is -2.19. The fourth-order valence-corrected chi connectivity index (χ4v) is 6.07. The molecule has 2 N–H and O–H groups in total. The van der Waals surface area contributed by atoms with E-state index in [0.717, 1.165) is 25.7 Å². The quantitative estimate of drug-likeness (QED) is 0.0222. The molecule has 0 aliphatic rings. The molecule has 0 spiro atoms. The largest absolute Gasteiger partial charge is 0.623 e. The van der Waals surface area contributed by atoms with Crippen molar-refractivity contribution in [2.24, 2.45) is 0 Å². The van der Waals surface area contributed by atoms with Crippen LogP contribution in [-0.4, -0.2) is 25.0 Å². The summed E-state index contributed by atoms with van der Waals surface area (Å²) in [6, 6.07) is 0. The van der Waals surface area contributed by atoms with Crippen molar-refractivity contribution in [3.8, 4) is 0 Å². The first-order valence-corrected chi connectivity index (χ1v) is 20.9. The van der Waals surface area contributed by atoms with E-state index in [1.54, 1.807) is 0 Å². The molecule has 280 valence electrons. The van der Waals surface area contributed by atoms with Crippen LogP contribution in [0.1, 0.15) is 219 Å². The summed E-state index contributed by atoms with van der Waals surface area (Å²) >= 11 is 0. The molecule has 0 heterocycles. The molecule has 0 unspecified atom stereocenters. The van der Waals surface area contributed by atoms with Crippen molar-refractivity contribution in [3.63, 3.8) is 0 Å². The highest BCUT2D eigenvalue weighted by molar-refractivity contribution is 5.84. The Kier molecular flexibility index (Phi) is 40.1. The Hall–Kier alpha value is -1.66. The molecule has 2 radical (unpaired) electrons. The van der Waals surface area contributed by atoms with E-state index in [4.69, 9.17) is 9.68 Å². The van der Waals surface area contributed by atoms with Crippen LogP contribution < -0.4 is 11.0 Å². The fraction of sp³-hybridized carbons (Fsp3) is 0.857. The van der Waals surface area contributed by atoms with E-state index < -0.39 is 11.9 Å². The summed E-state index contributed by atoms with van der Waals surface area (Å²) in [5.74, 6) is -0.961. The fourth-order valence-electron chi connectivity index (χ4n) is 6.07. The highest BCUT2D eigenvalue weighted by Gasteiger charge is 2.13. The second-order valence-electron chi connectivity index (χ2n) is 14.0. The van der Waals surface area contributed by atoms with Gasteiger partial charge >= 0.3 is 11.9 Å². The molecule has 6 heteroatoms. The van der Waals surface area contributed by atoms with E-state index in [9.17, 15) is 9.59 Å². The average molecular weight is 677 g/mol. The molecule has 0 bridgehead atoms. The van der Waals surface area contributed by atoms with Gasteiger partial charge in [0.05, 0.1) is 34.8 Å². The Morgan fingerprint density at radius 3 is 0.792 bits per heavy atom. The number of allylic oxidation sites excluding steroid dienone is 2. The monoisotopic (exact) mass is 677 g/mol. The van der Waals surface area contributed by atoms with Gasteiger partial charge in [-0.3, -0.25) is 0 Å². The van der Waals surface area contributed by atoms with Gasteiger partial charge in [-0.15, -0.1) is 0 Å². The normalized spacial score (nSPS) is 11.6. The second-order valence-corrected chi connectivity index (χ2v) is 14.0. The van der Waals surface area contributed by atoms with E-state index in [0.29, 0.717) is 13.1 Å². The first-order chi connectivity index (χ1) is 23.7. The lowest BCUT2D eigenvalue weighted by atomic mass is 10.0. The van der Waals surface area contributed by atoms with Crippen LogP contribution in [0.5, 0.6) is 0 Å². The molecule has 0 fully saturated rings. The zero-order valence-electron chi connectivity index (χ0n) is 32.0. The second kappa shape index (κ2) is 41.5. The average Bonchev–Trinajstić information content (AvgIpc) is 3.09. The van der Waals surface area contributed by atoms with Crippen molar-refractivity contribution in [1.82, 2.24) is 11.0 Å². The summed E-state index contributed by atoms with van der Waals surface area (Å²) in [6.07, 6.45) is 48.4. The number of carbonyl (C=O) groups is 2. The molecule has 0 aliphatic heterocycles. The smallest absolute Gasteiger partial charge is 0.195 e. The molecule has 0 atom stereocenters. The van der Waals surface area contributed by atoms with Crippen molar-refractivity contribution in [1.29, 1.82) is 0 Å². The number of hydroxylamine groups is 2. The van der Waals surface area contributed by atoms with Crippen LogP contribution in [0.4, 0.5) is 0 Å². The minimum Gasteiger partial charge on any atom is -0.195 e. The Morgan fingerprint density at radius 2 is 0.562 bits per heavy atom. The molecule has 0 aromatic carbocycles. The molecule has 48 heavy (non-hydrogen) atoms. The minimum absolute atomic E-state index is 0.480. The predicted molar refractivity (Wildman–Crippen MR) is 206 cm³/mol. The van der Waals surface area contributed by atoms with Crippen LogP contribution >= 0.6 is 0 Å². The van der Waals surface area contributed by atoms with Crippen molar-refractivity contribution < 1.29 is 19.3 Å². The molecule has 0 rings (SSSR count). The zero-order valence-corrected chi connectivity index (χ0v) is 32.0. The zero-order chi connectivity index (χ0) is 34.9. The standard InChI is InChI=1S/C42H80N2O4/c1-3-5-7-9-11-13-15-17-19-21-23-25-27-29-31-35-39-43-47-41(45)37-33-34-38-42(46)48-44-40-36-32-30-28-26-24-22-20-18-16-14-12-10-8-6-4-2/h33-34,37-38,43-44H,3-32,35-36,39-40H2,1-2H3/q+2/b37-33-,38-34-. The summed E-state index contributed by atoms with van der Waals surface area (Å²) in [5.41, 5.74) is 5.47. The van der Waals surface area contributed by atoms with Crippen LogP contribution in [0.3, 0.4) is 0 Å². The van der Waals surface area contributed by atoms with E-state index in [-0.39, 0.29) is 0 Å². The number of hydrogen-bond acceptors (Lipinski definition) is 6. The third-order valence-corrected chi connectivity index (χ3v) is 9.19. The van der Waals surface area contributed by atoms with Crippen LogP contribution in [0.15, 0.2) is 24.3 Å². The highest BCUT2D eigenvalue weighted by Crippen LogP contribution is 2.15. The van der Waals surface area contributed by atoms with Gasteiger partial charge < -0.3 is 0 Å². The molecule has 0 aromatic heterocycles. The first kappa shape index (κ1) is 46.3. The number of unbranched alkanes of at least 4 members (excludes halogenated alkanes) is 30. The van der Waals surface area contributed by atoms with Crippen molar-refractivity contribution in [2.45, 2.75) is 219 Å². The summed E-state index contributed by atoms with van der Waals surface area (Å²) in [6.45, 7) is 5.87. The number of hydrogen-bond donors (Lipinski definition) is 2. The third kappa shape index (κ3) is 40.5. The van der Waals surface area contributed by atoms with E-state index in [1.165, 1.54) is 204 Å². The van der Waals surface area contributed by atoms with E-state index >= 15 is 0 Å². The van der Waals surface area contributed by atoms with Gasteiger partial charge in [0.1, 0.15) is 0 Å². The molecule has 0 aromatic rings. The van der Waals surface area contributed by atoms with Crippen molar-refractivity contribution in [2.75, 3.05) is 13.1 Å². The maximum Gasteiger partial charge on any atom is 0.623 e. The Morgan fingerprint density at radius 1 is 0.354 bits per heavy atom. The van der Waals surface area contributed by atoms with Gasteiger partial charge in [0.2, 0.25) is 0 Å². The maximum atomic E-state index is 11.8. The summed E-state index contributed by atoms with van der Waals surface area (Å²) in [5, 5.41) is 0. The topological polar surface area (TPSA) is 82.3 Å². The lowest BCUT2D eigenvalue weighted by Gasteiger charge is -2.03. The molecule has 0 saturated heterocycles. The summed E-state index contributed by atoms with van der Waals surface area (Å²) in [7, 11) is 0. The van der Waals surface area contributed by atoms with Gasteiger partial charge in [-0.25, -0.2) is 0 Å². The lowest BCUT2D eigenvalue weighted by molar-refractivity contribution is -0.145. The number of carbonyl (C=O) groups excluding carboxylic acids is 2. The number of nitrogens with one attached hydrogen (secondary N) is 2. The van der Waals surface area contributed by atoms with Gasteiger partial charge in [0, 0.05) is 0 Å². The molecular formula is C42H80N2O4+2. The van der Waals surface area contributed by atoms with Gasteiger partial charge in [0.15, 0.2) is 0 Å². The van der Waals surface area contributed by atoms with Gasteiger partial charge in [-0.2, -0.15) is 9.68 Å². The Balaban J connectivity index is 3.37. The summed E-state index contributed by atoms with van der Waals surface area (Å²) < 4.78 is 0. The van der Waals surface area contributed by atoms with Crippen LogP contribution in [-0.2, 0) is 19.3 Å². The SMILES string of the molecule is CCCCCCCCCCCCCCCCCCNOC(=[O+])/C=C\C=C/C(=[O+])ONCCCCCCCCCCCCCCCCCC. The molecule has 0 saturated carbocycles. The highest BCUT2D eigenvalue weighted by atomic mass is 16.7. The predicted octanol–water partition coefficient (Wildman–Crippen LogP) is 12.7. The first-order valence-electron chi connectivity index (χ1n) is 20.9. The Labute approximate surface area is 298 Å². The third-order valence-electron chi connectivity index (χ3n) is 9.19. The maximum absolute atomic E-state index is 11.8. The van der Waals surface area contributed by atoms with Gasteiger partial charge in [-0.05, 0) is 25.0 Å². The van der Waals surface area contributed by atoms with Gasteiger partial charge in [0.25, 0.3) is 0 Å². The van der Waals surface area contributed by atoms with Crippen molar-refractivity contribution >= 4 is 11.9 Å². The molecular weight excluding hydrogens is 596 g/mol. The van der Waals surface area contributed by atoms with Crippen LogP contribution in [0.25, 0.3) is 0 Å². The van der Waals surface area contributed by atoms with E-state index in [2.05, 4.69) is 24.8 Å². The molecule has 6 nitrogen and oxygen atoms in total. The van der Waals surface area contributed by atoms with E-state index in [1.807, 2.05) is 0 Å². The van der Waals surface area contributed by atoms with Crippen LogP contribution in [0, 0.1) is 0 Å².